The number of anilines is 2. The van der Waals surface area contributed by atoms with Crippen LogP contribution in [0.4, 0.5) is 11.4 Å². The van der Waals surface area contributed by atoms with Gasteiger partial charge in [0.15, 0.2) is 6.73 Å². The molecule has 0 saturated carbocycles. The molecule has 0 aliphatic carbocycles. The van der Waals surface area contributed by atoms with E-state index in [-0.39, 0.29) is 25.0 Å². The molecule has 5 rings (SSSR count). The van der Waals surface area contributed by atoms with Gasteiger partial charge in [-0.2, -0.15) is 0 Å². The first kappa shape index (κ1) is 37.6. The first-order valence-electron chi connectivity index (χ1n) is 18.8. The van der Waals surface area contributed by atoms with E-state index in [9.17, 15) is 14.4 Å². The molecule has 272 valence electrons. The summed E-state index contributed by atoms with van der Waals surface area (Å²) in [5.41, 5.74) is 3.21. The highest BCUT2D eigenvalue weighted by atomic mass is 32.1. The van der Waals surface area contributed by atoms with Crippen LogP contribution in [0.1, 0.15) is 102 Å². The number of esters is 1. The van der Waals surface area contributed by atoms with E-state index in [2.05, 4.69) is 39.4 Å². The lowest BCUT2D eigenvalue weighted by molar-refractivity contribution is -0.144. The Kier molecular flexibility index (Phi) is 15.3. The Morgan fingerprint density at radius 3 is 2.22 bits per heavy atom. The van der Waals surface area contributed by atoms with Crippen molar-refractivity contribution in [1.29, 1.82) is 0 Å². The number of thiophene rings is 1. The largest absolute Gasteiger partial charge is 0.494 e. The van der Waals surface area contributed by atoms with Gasteiger partial charge in [-0.3, -0.25) is 24.2 Å². The number of carbonyl (C=O) groups excluding carboxylic acids is 2. The summed E-state index contributed by atoms with van der Waals surface area (Å²) in [5.74, 6) is -0.263. The first-order valence-corrected chi connectivity index (χ1v) is 19.7. The predicted molar refractivity (Wildman–Crippen MR) is 201 cm³/mol. The molecule has 1 N–H and O–H groups in total. The molecule has 0 radical (unpaired) electrons. The number of carbonyl (C=O) groups is 3. The Bertz CT molecular complexity index is 1520. The minimum Gasteiger partial charge on any atom is -0.494 e. The molecule has 0 atom stereocenters. The summed E-state index contributed by atoms with van der Waals surface area (Å²) in [7, 11) is 0. The first-order chi connectivity index (χ1) is 24.5. The molecule has 9 nitrogen and oxygen atoms in total. The van der Waals surface area contributed by atoms with Crippen LogP contribution in [0, 0.1) is 0 Å². The quantitative estimate of drug-likeness (QED) is 0.0822. The summed E-state index contributed by atoms with van der Waals surface area (Å²) >= 11 is 1.80. The fraction of sp³-hybridized carbons (Fsp3) is 0.575. The van der Waals surface area contributed by atoms with E-state index in [1.807, 2.05) is 18.2 Å². The molecule has 2 aliphatic rings. The number of benzene rings is 2. The SMILES string of the molecule is O=C(O)CCCCCCCCCCCCC(=O)OCN1C(=O)CCc2ccc(OCCCCN3CCN(c4cccc5sccc45)CC3)cc21. The monoisotopic (exact) mass is 705 g/mol. The van der Waals surface area contributed by atoms with Crippen molar-refractivity contribution in [3.63, 3.8) is 0 Å². The van der Waals surface area contributed by atoms with E-state index in [1.165, 1.54) is 28.6 Å². The molecule has 1 amide bonds. The van der Waals surface area contributed by atoms with Gasteiger partial charge >= 0.3 is 11.9 Å². The number of rotatable bonds is 22. The van der Waals surface area contributed by atoms with Crippen LogP contribution in [-0.4, -0.2) is 73.9 Å². The Morgan fingerprint density at radius 2 is 1.48 bits per heavy atom. The van der Waals surface area contributed by atoms with E-state index >= 15 is 0 Å². The maximum atomic E-state index is 12.8. The Balaban J connectivity index is 0.933. The van der Waals surface area contributed by atoms with Gasteiger partial charge in [0.2, 0.25) is 5.91 Å². The van der Waals surface area contributed by atoms with Crippen molar-refractivity contribution >= 4 is 50.6 Å². The van der Waals surface area contributed by atoms with Crippen LogP contribution >= 0.6 is 11.3 Å². The van der Waals surface area contributed by atoms with Crippen molar-refractivity contribution in [2.45, 2.75) is 103 Å². The van der Waals surface area contributed by atoms with Gasteiger partial charge in [0.1, 0.15) is 5.75 Å². The number of carboxylic acid groups (broad SMARTS) is 1. The average Bonchev–Trinajstić information content (AvgIpc) is 3.61. The molecule has 50 heavy (non-hydrogen) atoms. The molecule has 3 aromatic rings. The number of fused-ring (bicyclic) bond motifs is 2. The molecular formula is C40H55N3O6S. The summed E-state index contributed by atoms with van der Waals surface area (Å²) < 4.78 is 13.0. The lowest BCUT2D eigenvalue weighted by atomic mass is 10.0. The number of aliphatic carboxylic acids is 1. The van der Waals surface area contributed by atoms with Crippen LogP contribution in [0.2, 0.25) is 0 Å². The van der Waals surface area contributed by atoms with Crippen molar-refractivity contribution in [3.8, 4) is 5.75 Å². The van der Waals surface area contributed by atoms with Crippen LogP contribution in [0.5, 0.6) is 5.75 Å². The summed E-state index contributed by atoms with van der Waals surface area (Å²) in [6.45, 7) is 5.87. The highest BCUT2D eigenvalue weighted by molar-refractivity contribution is 7.17. The van der Waals surface area contributed by atoms with Crippen molar-refractivity contribution < 1.29 is 29.0 Å². The molecule has 1 fully saturated rings. The summed E-state index contributed by atoms with van der Waals surface area (Å²) in [6, 6.07) is 14.8. The Morgan fingerprint density at radius 1 is 0.760 bits per heavy atom. The molecule has 3 heterocycles. The number of amides is 1. The van der Waals surface area contributed by atoms with Gasteiger partial charge in [-0.1, -0.05) is 63.5 Å². The molecule has 1 aromatic heterocycles. The summed E-state index contributed by atoms with van der Waals surface area (Å²) in [6.07, 6.45) is 14.2. The van der Waals surface area contributed by atoms with Gasteiger partial charge in [0.25, 0.3) is 0 Å². The number of nitrogens with zero attached hydrogens (tertiary/aromatic N) is 3. The topological polar surface area (TPSA) is 99.6 Å². The highest BCUT2D eigenvalue weighted by Crippen LogP contribution is 2.33. The third kappa shape index (κ3) is 11.7. The van der Waals surface area contributed by atoms with Gasteiger partial charge in [-0.15, -0.1) is 11.3 Å². The molecule has 1 saturated heterocycles. The lowest BCUT2D eigenvalue weighted by Crippen LogP contribution is -2.46. The second-order valence-electron chi connectivity index (χ2n) is 13.7. The summed E-state index contributed by atoms with van der Waals surface area (Å²) in [4.78, 5) is 42.5. The second kappa shape index (κ2) is 20.3. The number of carboxylic acids is 1. The van der Waals surface area contributed by atoms with Crippen LogP contribution in [0.25, 0.3) is 10.1 Å². The van der Waals surface area contributed by atoms with Crippen molar-refractivity contribution in [2.75, 3.05) is 55.9 Å². The van der Waals surface area contributed by atoms with E-state index in [4.69, 9.17) is 14.6 Å². The molecule has 2 aliphatic heterocycles. The molecule has 0 unspecified atom stereocenters. The number of hydrogen-bond donors (Lipinski definition) is 1. The van der Waals surface area contributed by atoms with Gasteiger partial charge < -0.3 is 19.5 Å². The fourth-order valence-electron chi connectivity index (χ4n) is 7.01. The number of hydrogen-bond acceptors (Lipinski definition) is 8. The number of unbranched alkanes of at least 4 members (excludes halogenated alkanes) is 10. The summed E-state index contributed by atoms with van der Waals surface area (Å²) in [5, 5.41) is 12.2. The minimum atomic E-state index is -0.708. The molecule has 2 aromatic carbocycles. The van der Waals surface area contributed by atoms with Crippen LogP contribution in [-0.2, 0) is 25.5 Å². The van der Waals surface area contributed by atoms with Crippen LogP contribution < -0.4 is 14.5 Å². The van der Waals surface area contributed by atoms with Crippen molar-refractivity contribution in [2.24, 2.45) is 0 Å². The van der Waals surface area contributed by atoms with E-state index in [0.717, 1.165) is 114 Å². The van der Waals surface area contributed by atoms with Crippen molar-refractivity contribution in [3.05, 3.63) is 53.4 Å². The third-order valence-corrected chi connectivity index (χ3v) is 10.8. The number of ether oxygens (including phenoxy) is 2. The molecule has 0 bridgehead atoms. The zero-order chi connectivity index (χ0) is 35.0. The minimum absolute atomic E-state index is 0.0311. The average molecular weight is 706 g/mol. The van der Waals surface area contributed by atoms with Gasteiger partial charge in [0.05, 0.1) is 12.3 Å². The zero-order valence-corrected chi connectivity index (χ0v) is 30.4. The Labute approximate surface area is 301 Å². The van der Waals surface area contributed by atoms with Crippen LogP contribution in [0.3, 0.4) is 0 Å². The third-order valence-electron chi connectivity index (χ3n) is 9.96. The zero-order valence-electron chi connectivity index (χ0n) is 29.6. The van der Waals surface area contributed by atoms with E-state index < -0.39 is 5.97 Å². The smallest absolute Gasteiger partial charge is 0.307 e. The number of aryl methyl sites for hydroxylation is 1. The highest BCUT2D eigenvalue weighted by Gasteiger charge is 2.26. The van der Waals surface area contributed by atoms with Gasteiger partial charge in [0, 0.05) is 67.3 Å². The fourth-order valence-corrected chi connectivity index (χ4v) is 7.82. The normalized spacial score (nSPS) is 15.0. The molecule has 10 heteroatoms. The maximum absolute atomic E-state index is 12.8. The van der Waals surface area contributed by atoms with E-state index in [0.29, 0.717) is 25.9 Å². The molecular weight excluding hydrogens is 651 g/mol. The van der Waals surface area contributed by atoms with Crippen LogP contribution in [0.15, 0.2) is 47.8 Å². The van der Waals surface area contributed by atoms with Gasteiger partial charge in [-0.05, 0) is 73.9 Å². The standard InChI is InChI=1S/C40H55N3O6S/c44-38-21-19-32-18-20-33(48-28-12-11-23-41-24-26-42(27-25-41)35-14-13-15-37-34(35)22-29-50-37)30-36(32)43(38)31-49-40(47)17-10-8-6-4-2-1-3-5-7-9-16-39(45)46/h13-15,18,20,22,29-30H,1-12,16-17,19,21,23-28,31H2,(H,45,46). The lowest BCUT2D eigenvalue weighted by Gasteiger charge is -2.36. The van der Waals surface area contributed by atoms with Crippen molar-refractivity contribution in [1.82, 2.24) is 4.90 Å². The Hall–Kier alpha value is -3.63. The predicted octanol–water partition coefficient (Wildman–Crippen LogP) is 8.43. The number of piperazine rings is 1. The maximum Gasteiger partial charge on any atom is 0.307 e. The second-order valence-corrected chi connectivity index (χ2v) is 14.6. The van der Waals surface area contributed by atoms with E-state index in [1.54, 1.807) is 16.2 Å². The molecule has 0 spiro atoms. The van der Waals surface area contributed by atoms with Gasteiger partial charge in [-0.25, -0.2) is 0 Å².